The third-order valence-corrected chi connectivity index (χ3v) is 4.61. The summed E-state index contributed by atoms with van der Waals surface area (Å²) in [6.07, 6.45) is 1.85. The third kappa shape index (κ3) is 3.72. The second-order valence-electron chi connectivity index (χ2n) is 6.49. The molecule has 3 aromatic rings. The topological polar surface area (TPSA) is 60.0 Å². The van der Waals surface area contributed by atoms with Crippen molar-refractivity contribution in [1.82, 2.24) is 9.13 Å². The number of unbranched alkanes of at least 4 members (excludes halogenated alkanes) is 1. The van der Waals surface area contributed by atoms with E-state index in [-0.39, 0.29) is 12.5 Å². The molecular formula is C21H25N3O2. The number of hydrogen-bond acceptors (Lipinski definition) is 3. The molecule has 0 spiro atoms. The molecule has 0 radical (unpaired) electrons. The van der Waals surface area contributed by atoms with Crippen LogP contribution in [0.5, 0.6) is 0 Å². The van der Waals surface area contributed by atoms with Crippen molar-refractivity contribution in [3.63, 3.8) is 0 Å². The van der Waals surface area contributed by atoms with Gasteiger partial charge in [-0.15, -0.1) is 0 Å². The van der Waals surface area contributed by atoms with Gasteiger partial charge in [0.1, 0.15) is 6.54 Å². The first-order valence-corrected chi connectivity index (χ1v) is 9.04. The van der Waals surface area contributed by atoms with Crippen LogP contribution in [0, 0.1) is 12.3 Å². The number of aryl methyl sites for hydroxylation is 1. The van der Waals surface area contributed by atoms with E-state index < -0.39 is 0 Å². The molecule has 0 unspecified atom stereocenters. The summed E-state index contributed by atoms with van der Waals surface area (Å²) in [7, 11) is 0. The summed E-state index contributed by atoms with van der Waals surface area (Å²) in [4.78, 5) is 12.2. The van der Waals surface area contributed by atoms with E-state index in [0.717, 1.165) is 23.9 Å². The molecule has 1 aromatic heterocycles. The Morgan fingerprint density at radius 1 is 1.04 bits per heavy atom. The van der Waals surface area contributed by atoms with Gasteiger partial charge in [-0.25, -0.2) is 0 Å². The summed E-state index contributed by atoms with van der Waals surface area (Å²) < 4.78 is 8.95. The van der Waals surface area contributed by atoms with E-state index in [9.17, 15) is 4.79 Å². The second kappa shape index (κ2) is 8.04. The van der Waals surface area contributed by atoms with Crippen molar-refractivity contribution in [3.8, 4) is 0 Å². The number of carbonyl (C=O) groups excluding carboxylic acids is 1. The zero-order valence-electron chi connectivity index (χ0n) is 15.4. The van der Waals surface area contributed by atoms with Crippen molar-refractivity contribution >= 4 is 17.0 Å². The van der Waals surface area contributed by atoms with Crippen LogP contribution < -0.4 is 5.62 Å². The summed E-state index contributed by atoms with van der Waals surface area (Å²) in [5.41, 5.74) is 4.48. The molecule has 3 rings (SSSR count). The minimum atomic E-state index is -0.296. The van der Waals surface area contributed by atoms with Crippen LogP contribution >= 0.6 is 0 Å². The molecule has 26 heavy (non-hydrogen) atoms. The van der Waals surface area contributed by atoms with Gasteiger partial charge in [0.25, 0.3) is 0 Å². The van der Waals surface area contributed by atoms with E-state index in [1.807, 2.05) is 41.0 Å². The normalized spacial score (nSPS) is 11.0. The minimum absolute atomic E-state index is 0.0594. The first-order chi connectivity index (χ1) is 12.6. The number of hydrogen-bond donors (Lipinski definition) is 1. The van der Waals surface area contributed by atoms with Crippen molar-refractivity contribution in [3.05, 3.63) is 65.3 Å². The number of para-hydroxylation sites is 2. The van der Waals surface area contributed by atoms with Gasteiger partial charge in [-0.1, -0.05) is 49.7 Å². The molecule has 1 heterocycles. The fourth-order valence-electron chi connectivity index (χ4n) is 3.08. The van der Waals surface area contributed by atoms with E-state index in [0.29, 0.717) is 18.8 Å². The quantitative estimate of drug-likeness (QED) is 0.522. The van der Waals surface area contributed by atoms with Crippen LogP contribution in [0.2, 0.25) is 0 Å². The van der Waals surface area contributed by atoms with Gasteiger partial charge in [0, 0.05) is 0 Å². The molecule has 0 bridgehead atoms. The molecule has 0 saturated carbocycles. The van der Waals surface area contributed by atoms with Crippen LogP contribution in [0.15, 0.2) is 48.5 Å². The van der Waals surface area contributed by atoms with Gasteiger partial charge in [0.2, 0.25) is 5.62 Å². The molecule has 0 amide bonds. The smallest absolute Gasteiger partial charge is 0.326 e. The fraction of sp³-hybridized carbons (Fsp3) is 0.333. The molecule has 2 aromatic carbocycles. The number of carbonyl (C=O) groups is 1. The molecule has 136 valence electrons. The zero-order valence-corrected chi connectivity index (χ0v) is 15.4. The van der Waals surface area contributed by atoms with Crippen LogP contribution in [0.4, 0.5) is 0 Å². The maximum atomic E-state index is 12.2. The Balaban J connectivity index is 1.95. The average molecular weight is 351 g/mol. The maximum absolute atomic E-state index is 12.2. The van der Waals surface area contributed by atoms with Gasteiger partial charge < -0.3 is 9.30 Å². The Kier molecular flexibility index (Phi) is 5.56. The number of ether oxygens (including phenoxy) is 1. The Hall–Kier alpha value is -2.82. The van der Waals surface area contributed by atoms with Crippen LogP contribution in [0.3, 0.4) is 0 Å². The summed E-state index contributed by atoms with van der Waals surface area (Å²) in [5, 5.41) is 8.62. The largest absolute Gasteiger partial charge is 0.464 e. The highest BCUT2D eigenvalue weighted by atomic mass is 16.5. The lowest BCUT2D eigenvalue weighted by molar-refractivity contribution is -0.144. The minimum Gasteiger partial charge on any atom is -0.464 e. The van der Waals surface area contributed by atoms with Crippen molar-refractivity contribution in [2.24, 2.45) is 0 Å². The summed E-state index contributed by atoms with van der Waals surface area (Å²) in [5.74, 6) is -0.296. The van der Waals surface area contributed by atoms with Crippen LogP contribution in [0.25, 0.3) is 11.0 Å². The van der Waals surface area contributed by atoms with Gasteiger partial charge in [-0.2, -0.15) is 0 Å². The Bertz CT molecular complexity index is 969. The molecule has 0 fully saturated rings. The molecule has 0 saturated heterocycles. The highest BCUT2D eigenvalue weighted by molar-refractivity contribution is 5.78. The van der Waals surface area contributed by atoms with Crippen molar-refractivity contribution < 1.29 is 9.53 Å². The SMILES string of the molecule is CCCCOC(=O)Cn1c(=N)n(Cc2ccccc2C)c2ccccc21. The lowest BCUT2D eigenvalue weighted by atomic mass is 10.1. The molecule has 1 N–H and O–H groups in total. The molecule has 0 aliphatic carbocycles. The van der Waals surface area contributed by atoms with E-state index in [1.165, 1.54) is 11.1 Å². The molecule has 5 nitrogen and oxygen atoms in total. The van der Waals surface area contributed by atoms with Crippen LogP contribution in [0.1, 0.15) is 30.9 Å². The van der Waals surface area contributed by atoms with E-state index in [1.54, 1.807) is 4.57 Å². The predicted octanol–water partition coefficient (Wildman–Crippen LogP) is 3.62. The van der Waals surface area contributed by atoms with Gasteiger partial charge in [-0.3, -0.25) is 14.8 Å². The Labute approximate surface area is 153 Å². The van der Waals surface area contributed by atoms with Crippen LogP contribution in [-0.4, -0.2) is 21.7 Å². The number of fused-ring (bicyclic) bond motifs is 1. The van der Waals surface area contributed by atoms with Crippen molar-refractivity contribution in [1.29, 1.82) is 5.41 Å². The average Bonchev–Trinajstić information content (AvgIpc) is 2.90. The zero-order chi connectivity index (χ0) is 18.5. The maximum Gasteiger partial charge on any atom is 0.326 e. The lowest BCUT2D eigenvalue weighted by Crippen LogP contribution is -2.28. The molecular weight excluding hydrogens is 326 g/mol. The third-order valence-electron chi connectivity index (χ3n) is 4.61. The van der Waals surface area contributed by atoms with E-state index in [4.69, 9.17) is 10.1 Å². The van der Waals surface area contributed by atoms with Crippen LogP contribution in [-0.2, 0) is 22.6 Å². The first kappa shape index (κ1) is 18.0. The molecule has 5 heteroatoms. The molecule has 0 atom stereocenters. The van der Waals surface area contributed by atoms with Crippen molar-refractivity contribution in [2.75, 3.05) is 6.61 Å². The van der Waals surface area contributed by atoms with Crippen molar-refractivity contribution in [2.45, 2.75) is 39.8 Å². The first-order valence-electron chi connectivity index (χ1n) is 9.04. The standard InChI is InChI=1S/C21H25N3O2/c1-3-4-13-26-20(25)15-24-19-12-8-7-11-18(19)23(21(24)22)14-17-10-6-5-9-16(17)2/h5-12,22H,3-4,13-15H2,1-2H3. The number of esters is 1. The van der Waals surface area contributed by atoms with Gasteiger partial charge >= 0.3 is 5.97 Å². The summed E-state index contributed by atoms with van der Waals surface area (Å²) >= 11 is 0. The fourth-order valence-corrected chi connectivity index (χ4v) is 3.08. The number of rotatable bonds is 7. The van der Waals surface area contributed by atoms with Gasteiger partial charge in [0.05, 0.1) is 24.2 Å². The molecule has 0 aliphatic heterocycles. The highest BCUT2D eigenvalue weighted by Crippen LogP contribution is 2.16. The lowest BCUT2D eigenvalue weighted by Gasteiger charge is -2.08. The second-order valence-corrected chi connectivity index (χ2v) is 6.49. The number of nitrogens with one attached hydrogen (secondary N) is 1. The number of nitrogens with zero attached hydrogens (tertiary/aromatic N) is 2. The Morgan fingerprint density at radius 2 is 1.69 bits per heavy atom. The summed E-state index contributed by atoms with van der Waals surface area (Å²) in [6, 6.07) is 16.0. The monoisotopic (exact) mass is 351 g/mol. The number of aromatic nitrogens is 2. The number of benzene rings is 2. The van der Waals surface area contributed by atoms with E-state index >= 15 is 0 Å². The predicted molar refractivity (Wildman–Crippen MR) is 102 cm³/mol. The summed E-state index contributed by atoms with van der Waals surface area (Å²) in [6.45, 7) is 5.23. The van der Waals surface area contributed by atoms with Gasteiger partial charge in [-0.05, 0) is 36.6 Å². The van der Waals surface area contributed by atoms with Gasteiger partial charge in [0.15, 0.2) is 0 Å². The number of imidazole rings is 1. The van der Waals surface area contributed by atoms with E-state index in [2.05, 4.69) is 26.0 Å². The Morgan fingerprint density at radius 3 is 2.38 bits per heavy atom. The molecule has 0 aliphatic rings. The highest BCUT2D eigenvalue weighted by Gasteiger charge is 2.14.